The Hall–Kier alpha value is -1.27. The van der Waals surface area contributed by atoms with E-state index in [0.717, 1.165) is 10.6 Å². The fourth-order valence-corrected chi connectivity index (χ4v) is 2.28. The van der Waals surface area contributed by atoms with Crippen molar-refractivity contribution in [3.63, 3.8) is 0 Å². The van der Waals surface area contributed by atoms with Gasteiger partial charge in [-0.05, 0) is 31.0 Å². The van der Waals surface area contributed by atoms with Crippen molar-refractivity contribution in [2.75, 3.05) is 17.6 Å². The lowest BCUT2D eigenvalue weighted by Gasteiger charge is -2.19. The van der Waals surface area contributed by atoms with Gasteiger partial charge in [-0.25, -0.2) is 8.42 Å². The van der Waals surface area contributed by atoms with Crippen LogP contribution in [0.5, 0.6) is 0 Å². The molecule has 1 N–H and O–H groups in total. The van der Waals surface area contributed by atoms with Gasteiger partial charge in [0.2, 0.25) is 10.0 Å². The van der Waals surface area contributed by atoms with E-state index in [9.17, 15) is 13.2 Å². The smallest absolute Gasteiger partial charge is 0.253 e. The minimum atomic E-state index is -3.36. The molecule has 1 aromatic rings. The molecule has 0 aliphatic rings. The molecule has 1 amide bonds. The van der Waals surface area contributed by atoms with Gasteiger partial charge in [-0.2, -0.15) is 0 Å². The predicted octanol–water partition coefficient (Wildman–Crippen LogP) is 2.51. The number of hydrogen-bond acceptors (Lipinski definition) is 3. The van der Waals surface area contributed by atoms with Crippen LogP contribution in [0.15, 0.2) is 18.2 Å². The average Bonchev–Trinajstić information content (AvgIpc) is 2.36. The van der Waals surface area contributed by atoms with Crippen LogP contribution in [0, 0.1) is 5.92 Å². The zero-order valence-electron chi connectivity index (χ0n) is 12.8. The van der Waals surface area contributed by atoms with E-state index in [0.29, 0.717) is 17.2 Å². The van der Waals surface area contributed by atoms with Gasteiger partial charge in [-0.3, -0.25) is 9.10 Å². The van der Waals surface area contributed by atoms with Crippen molar-refractivity contribution in [3.05, 3.63) is 28.8 Å². The summed E-state index contributed by atoms with van der Waals surface area (Å²) in [6.07, 6.45) is 1.10. The van der Waals surface area contributed by atoms with E-state index in [4.69, 9.17) is 11.6 Å². The standard InChI is InChI=1S/C14H21ClN2O3S/c1-9(2)10(3)16-14(18)12-7-6-11(8-13(12)15)17(4)21(5,19)20/h6-10H,1-5H3,(H,16,18)/t10-/m0/s1. The molecule has 5 nitrogen and oxygen atoms in total. The summed E-state index contributed by atoms with van der Waals surface area (Å²) in [6, 6.07) is 4.58. The minimum Gasteiger partial charge on any atom is -0.349 e. The average molecular weight is 333 g/mol. The van der Waals surface area contributed by atoms with E-state index in [1.165, 1.54) is 19.2 Å². The molecule has 21 heavy (non-hydrogen) atoms. The van der Waals surface area contributed by atoms with Crippen molar-refractivity contribution in [2.45, 2.75) is 26.8 Å². The highest BCUT2D eigenvalue weighted by Gasteiger charge is 2.18. The number of hydrogen-bond donors (Lipinski definition) is 1. The van der Waals surface area contributed by atoms with Gasteiger partial charge in [0, 0.05) is 13.1 Å². The van der Waals surface area contributed by atoms with E-state index < -0.39 is 10.0 Å². The Morgan fingerprint density at radius 2 is 1.86 bits per heavy atom. The molecule has 0 saturated carbocycles. The first-order chi connectivity index (χ1) is 9.54. The SMILES string of the molecule is CC(C)[C@H](C)NC(=O)c1ccc(N(C)S(C)(=O)=O)cc1Cl. The number of carbonyl (C=O) groups is 1. The fourth-order valence-electron chi connectivity index (χ4n) is 1.53. The molecule has 1 rings (SSSR count). The number of benzene rings is 1. The van der Waals surface area contributed by atoms with Crippen LogP contribution in [0.25, 0.3) is 0 Å². The lowest BCUT2D eigenvalue weighted by atomic mass is 10.1. The lowest BCUT2D eigenvalue weighted by molar-refractivity contribution is 0.0930. The molecular weight excluding hydrogens is 312 g/mol. The molecule has 1 atom stereocenters. The van der Waals surface area contributed by atoms with Crippen LogP contribution in [-0.4, -0.2) is 33.7 Å². The number of sulfonamides is 1. The van der Waals surface area contributed by atoms with Crippen molar-refractivity contribution < 1.29 is 13.2 Å². The van der Waals surface area contributed by atoms with Gasteiger partial charge in [0.1, 0.15) is 0 Å². The zero-order chi connectivity index (χ0) is 16.4. The summed E-state index contributed by atoms with van der Waals surface area (Å²) >= 11 is 6.10. The molecule has 0 aliphatic carbocycles. The Kier molecular flexibility index (Phi) is 5.64. The second-order valence-corrected chi connectivity index (χ2v) is 7.82. The molecule has 0 fully saturated rings. The number of anilines is 1. The highest BCUT2D eigenvalue weighted by Crippen LogP contribution is 2.24. The topological polar surface area (TPSA) is 66.5 Å². The summed E-state index contributed by atoms with van der Waals surface area (Å²) < 4.78 is 24.1. The maximum absolute atomic E-state index is 12.1. The molecule has 1 aromatic carbocycles. The van der Waals surface area contributed by atoms with Gasteiger partial charge in [-0.15, -0.1) is 0 Å². The molecule has 0 radical (unpaired) electrons. The molecule has 0 bridgehead atoms. The molecule has 0 unspecified atom stereocenters. The Bertz CT molecular complexity index is 629. The van der Waals surface area contributed by atoms with Crippen LogP contribution < -0.4 is 9.62 Å². The molecular formula is C14H21ClN2O3S. The summed E-state index contributed by atoms with van der Waals surface area (Å²) in [5.41, 5.74) is 0.741. The quantitative estimate of drug-likeness (QED) is 0.901. The summed E-state index contributed by atoms with van der Waals surface area (Å²) in [4.78, 5) is 12.1. The Morgan fingerprint density at radius 1 is 1.29 bits per heavy atom. The fraction of sp³-hybridized carbons (Fsp3) is 0.500. The van der Waals surface area contributed by atoms with Gasteiger partial charge in [0.05, 0.1) is 22.5 Å². The third-order valence-corrected chi connectivity index (χ3v) is 4.94. The van der Waals surface area contributed by atoms with Gasteiger partial charge in [-0.1, -0.05) is 25.4 Å². The molecule has 0 heterocycles. The van der Waals surface area contributed by atoms with Crippen LogP contribution in [-0.2, 0) is 10.0 Å². The Balaban J connectivity index is 3.01. The lowest BCUT2D eigenvalue weighted by Crippen LogP contribution is -2.36. The van der Waals surface area contributed by atoms with Crippen molar-refractivity contribution in [2.24, 2.45) is 5.92 Å². The third-order valence-electron chi connectivity index (χ3n) is 3.42. The molecule has 0 aliphatic heterocycles. The number of carbonyl (C=O) groups excluding carboxylic acids is 1. The van der Waals surface area contributed by atoms with Crippen LogP contribution in [0.3, 0.4) is 0 Å². The van der Waals surface area contributed by atoms with Crippen LogP contribution in [0.2, 0.25) is 5.02 Å². The largest absolute Gasteiger partial charge is 0.349 e. The van der Waals surface area contributed by atoms with Crippen LogP contribution in [0.4, 0.5) is 5.69 Å². The number of nitrogens with one attached hydrogen (secondary N) is 1. The minimum absolute atomic E-state index is 0.0203. The van der Waals surface area contributed by atoms with E-state index in [-0.39, 0.29) is 17.0 Å². The first-order valence-corrected chi connectivity index (χ1v) is 8.81. The number of rotatable bonds is 5. The predicted molar refractivity (Wildman–Crippen MR) is 86.5 cm³/mol. The number of amides is 1. The Morgan fingerprint density at radius 3 is 2.29 bits per heavy atom. The number of halogens is 1. The molecule has 118 valence electrons. The van der Waals surface area contributed by atoms with E-state index >= 15 is 0 Å². The maximum Gasteiger partial charge on any atom is 0.253 e. The monoisotopic (exact) mass is 332 g/mol. The van der Waals surface area contributed by atoms with Crippen LogP contribution >= 0.6 is 11.6 Å². The van der Waals surface area contributed by atoms with Gasteiger partial charge in [0.15, 0.2) is 0 Å². The van der Waals surface area contributed by atoms with Gasteiger partial charge >= 0.3 is 0 Å². The van der Waals surface area contributed by atoms with Crippen molar-refractivity contribution >= 4 is 33.2 Å². The van der Waals surface area contributed by atoms with Crippen molar-refractivity contribution in [1.82, 2.24) is 5.32 Å². The second-order valence-electron chi connectivity index (χ2n) is 5.40. The van der Waals surface area contributed by atoms with Gasteiger partial charge in [0.25, 0.3) is 5.91 Å². The highest BCUT2D eigenvalue weighted by molar-refractivity contribution is 7.92. The Labute approximate surface area is 131 Å². The van der Waals surface area contributed by atoms with E-state index in [1.54, 1.807) is 6.07 Å². The third kappa shape index (κ3) is 4.61. The van der Waals surface area contributed by atoms with Gasteiger partial charge < -0.3 is 5.32 Å². The summed E-state index contributed by atoms with van der Waals surface area (Å²) in [5.74, 6) is 0.0399. The van der Waals surface area contributed by atoms with Crippen LogP contribution in [0.1, 0.15) is 31.1 Å². The molecule has 0 aromatic heterocycles. The zero-order valence-corrected chi connectivity index (χ0v) is 14.4. The maximum atomic E-state index is 12.1. The molecule has 7 heteroatoms. The summed E-state index contributed by atoms with van der Waals surface area (Å²) in [7, 11) is -1.93. The highest BCUT2D eigenvalue weighted by atomic mass is 35.5. The van der Waals surface area contributed by atoms with Crippen molar-refractivity contribution in [3.8, 4) is 0 Å². The molecule has 0 spiro atoms. The first-order valence-electron chi connectivity index (χ1n) is 6.58. The van der Waals surface area contributed by atoms with E-state index in [1.807, 2.05) is 20.8 Å². The molecule has 0 saturated heterocycles. The first kappa shape index (κ1) is 17.8. The summed E-state index contributed by atoms with van der Waals surface area (Å²) in [6.45, 7) is 5.94. The summed E-state index contributed by atoms with van der Waals surface area (Å²) in [5, 5.41) is 3.08. The van der Waals surface area contributed by atoms with Crippen molar-refractivity contribution in [1.29, 1.82) is 0 Å². The normalized spacial score (nSPS) is 13.1. The van der Waals surface area contributed by atoms with E-state index in [2.05, 4.69) is 5.32 Å². The number of nitrogens with zero attached hydrogens (tertiary/aromatic N) is 1. The second kappa shape index (κ2) is 6.66.